The van der Waals surface area contributed by atoms with Gasteiger partial charge in [-0.3, -0.25) is 4.79 Å². The summed E-state index contributed by atoms with van der Waals surface area (Å²) in [6.07, 6.45) is 3.42. The van der Waals surface area contributed by atoms with Gasteiger partial charge in [0, 0.05) is 11.3 Å². The number of anilines is 1. The Labute approximate surface area is 151 Å². The largest absolute Gasteiger partial charge is 0.465 e. The van der Waals surface area contributed by atoms with Gasteiger partial charge < -0.3 is 10.1 Å². The number of amides is 1. The first-order valence-electron chi connectivity index (χ1n) is 8.52. The molecule has 1 saturated heterocycles. The lowest BCUT2D eigenvalue weighted by Gasteiger charge is -2.18. The molecule has 1 aliphatic heterocycles. The second-order valence-corrected chi connectivity index (χ2v) is 10.4. The van der Waals surface area contributed by atoms with E-state index in [0.29, 0.717) is 22.9 Å². The third-order valence-electron chi connectivity index (χ3n) is 4.95. The molecule has 1 fully saturated rings. The molecule has 0 spiro atoms. The molecule has 8 heteroatoms. The Morgan fingerprint density at radius 3 is 2.72 bits per heavy atom. The van der Waals surface area contributed by atoms with Crippen molar-refractivity contribution >= 4 is 38.1 Å². The van der Waals surface area contributed by atoms with E-state index in [1.807, 2.05) is 0 Å². The minimum atomic E-state index is -3.00. The zero-order valence-electron chi connectivity index (χ0n) is 14.5. The molecule has 2 aliphatic rings. The summed E-state index contributed by atoms with van der Waals surface area (Å²) in [4.78, 5) is 25.7. The lowest BCUT2D eigenvalue weighted by molar-refractivity contribution is -0.116. The normalized spacial score (nSPS) is 24.6. The molecule has 0 unspecified atom stereocenters. The van der Waals surface area contributed by atoms with E-state index in [2.05, 4.69) is 12.2 Å². The van der Waals surface area contributed by atoms with Gasteiger partial charge in [-0.2, -0.15) is 0 Å². The maximum Gasteiger partial charge on any atom is 0.341 e. The molecular formula is C17H23NO5S2. The van der Waals surface area contributed by atoms with Gasteiger partial charge in [0.25, 0.3) is 0 Å². The van der Waals surface area contributed by atoms with Crippen LogP contribution in [0.2, 0.25) is 0 Å². The highest BCUT2D eigenvalue weighted by atomic mass is 32.2. The van der Waals surface area contributed by atoms with Gasteiger partial charge in [0.05, 0.1) is 24.2 Å². The van der Waals surface area contributed by atoms with Crippen molar-refractivity contribution < 1.29 is 22.7 Å². The van der Waals surface area contributed by atoms with E-state index in [1.165, 1.54) is 18.4 Å². The van der Waals surface area contributed by atoms with E-state index in [0.717, 1.165) is 29.7 Å². The molecule has 1 amide bonds. The van der Waals surface area contributed by atoms with Crippen LogP contribution in [0.4, 0.5) is 5.00 Å². The summed E-state index contributed by atoms with van der Waals surface area (Å²) >= 11 is 1.44. The average molecular weight is 386 g/mol. The molecule has 1 aromatic heterocycles. The molecule has 0 aromatic carbocycles. The zero-order chi connectivity index (χ0) is 18.2. The first-order valence-corrected chi connectivity index (χ1v) is 11.2. The van der Waals surface area contributed by atoms with Crippen molar-refractivity contribution in [3.05, 3.63) is 16.0 Å². The number of sulfone groups is 1. The van der Waals surface area contributed by atoms with E-state index in [4.69, 9.17) is 4.74 Å². The van der Waals surface area contributed by atoms with E-state index in [9.17, 15) is 18.0 Å². The summed E-state index contributed by atoms with van der Waals surface area (Å²) < 4.78 is 28.0. The molecule has 1 aliphatic carbocycles. The molecule has 1 aromatic rings. The quantitative estimate of drug-likeness (QED) is 0.804. The highest BCUT2D eigenvalue weighted by Gasteiger charge is 2.31. The van der Waals surface area contributed by atoms with E-state index >= 15 is 0 Å². The lowest BCUT2D eigenvalue weighted by Crippen LogP contribution is -2.19. The molecule has 3 rings (SSSR count). The van der Waals surface area contributed by atoms with Crippen LogP contribution in [0.1, 0.15) is 47.0 Å². The number of hydrogen-bond donors (Lipinski definition) is 1. The van der Waals surface area contributed by atoms with Crippen molar-refractivity contribution in [3.8, 4) is 0 Å². The van der Waals surface area contributed by atoms with E-state index < -0.39 is 15.8 Å². The number of rotatable bonds is 4. The van der Waals surface area contributed by atoms with Crippen molar-refractivity contribution in [2.75, 3.05) is 23.9 Å². The summed E-state index contributed by atoms with van der Waals surface area (Å²) in [5.41, 5.74) is 1.47. The minimum absolute atomic E-state index is 0.0722. The van der Waals surface area contributed by atoms with Crippen LogP contribution in [0.3, 0.4) is 0 Å². The van der Waals surface area contributed by atoms with Gasteiger partial charge in [0.1, 0.15) is 5.00 Å². The van der Waals surface area contributed by atoms with Gasteiger partial charge in [0.2, 0.25) is 5.91 Å². The fourth-order valence-electron chi connectivity index (χ4n) is 3.63. The first-order chi connectivity index (χ1) is 11.8. The maximum absolute atomic E-state index is 12.4. The molecule has 25 heavy (non-hydrogen) atoms. The van der Waals surface area contributed by atoms with Crippen molar-refractivity contribution in [3.63, 3.8) is 0 Å². The Balaban J connectivity index is 1.77. The van der Waals surface area contributed by atoms with Gasteiger partial charge in [-0.05, 0) is 43.1 Å². The Morgan fingerprint density at radius 1 is 1.32 bits per heavy atom. The van der Waals surface area contributed by atoms with Crippen molar-refractivity contribution in [1.82, 2.24) is 0 Å². The molecule has 1 N–H and O–H groups in total. The van der Waals surface area contributed by atoms with E-state index in [-0.39, 0.29) is 29.8 Å². The van der Waals surface area contributed by atoms with Gasteiger partial charge >= 0.3 is 5.97 Å². The van der Waals surface area contributed by atoms with Gasteiger partial charge in [-0.25, -0.2) is 13.2 Å². The smallest absolute Gasteiger partial charge is 0.341 e. The van der Waals surface area contributed by atoms with Crippen LogP contribution >= 0.6 is 11.3 Å². The standard InChI is InChI=1S/C17H23NO5S2/c1-10-3-4-12-13(7-10)24-16(15(12)17(20)23-2)18-14(19)8-11-5-6-25(21,22)9-11/h10-11H,3-9H2,1-2H3,(H,18,19)/t10-,11-/m1/s1. The Hall–Kier alpha value is -1.41. The van der Waals surface area contributed by atoms with Crippen molar-refractivity contribution in [2.24, 2.45) is 11.8 Å². The second kappa shape index (κ2) is 7.07. The fraction of sp³-hybridized carbons (Fsp3) is 0.647. The van der Waals surface area contributed by atoms with E-state index in [1.54, 1.807) is 0 Å². The number of hydrogen-bond acceptors (Lipinski definition) is 6. The number of nitrogens with one attached hydrogen (secondary N) is 1. The number of carbonyl (C=O) groups is 2. The molecule has 6 nitrogen and oxygen atoms in total. The highest BCUT2D eigenvalue weighted by Crippen LogP contribution is 2.40. The molecule has 2 heterocycles. The second-order valence-electron chi connectivity index (χ2n) is 7.07. The number of carbonyl (C=O) groups excluding carboxylic acids is 2. The minimum Gasteiger partial charge on any atom is -0.465 e. The average Bonchev–Trinajstić information content (AvgIpc) is 3.05. The van der Waals surface area contributed by atoms with Gasteiger partial charge in [-0.15, -0.1) is 11.3 Å². The topological polar surface area (TPSA) is 89.5 Å². The number of fused-ring (bicyclic) bond motifs is 1. The predicted molar refractivity (Wildman–Crippen MR) is 96.9 cm³/mol. The lowest BCUT2D eigenvalue weighted by atomic mass is 9.88. The Bertz CT molecular complexity index is 796. The SMILES string of the molecule is COC(=O)c1c(NC(=O)C[C@H]2CCS(=O)(=O)C2)sc2c1CC[C@@H](C)C2. The molecule has 0 radical (unpaired) electrons. The molecule has 0 saturated carbocycles. The molecule has 2 atom stereocenters. The van der Waals surface area contributed by atoms with Crippen LogP contribution in [0.15, 0.2) is 0 Å². The van der Waals surface area contributed by atoms with Crippen LogP contribution in [0.25, 0.3) is 0 Å². The zero-order valence-corrected chi connectivity index (χ0v) is 16.1. The fourth-order valence-corrected chi connectivity index (χ4v) is 6.91. The maximum atomic E-state index is 12.4. The number of thiophene rings is 1. The highest BCUT2D eigenvalue weighted by molar-refractivity contribution is 7.91. The van der Waals surface area contributed by atoms with Crippen LogP contribution in [-0.2, 0) is 32.2 Å². The summed E-state index contributed by atoms with van der Waals surface area (Å²) in [5.74, 6) is -0.0125. The third kappa shape index (κ3) is 4.06. The first kappa shape index (κ1) is 18.4. The third-order valence-corrected chi connectivity index (χ3v) is 7.96. The monoisotopic (exact) mass is 385 g/mol. The van der Waals surface area contributed by atoms with Gasteiger partial charge in [0.15, 0.2) is 9.84 Å². The number of ether oxygens (including phenoxy) is 1. The predicted octanol–water partition coefficient (Wildman–Crippen LogP) is 2.42. The molecular weight excluding hydrogens is 362 g/mol. The summed E-state index contributed by atoms with van der Waals surface area (Å²) in [6.45, 7) is 2.18. The van der Waals surface area contributed by atoms with Crippen LogP contribution in [0, 0.1) is 11.8 Å². The van der Waals surface area contributed by atoms with Crippen molar-refractivity contribution in [2.45, 2.75) is 39.0 Å². The van der Waals surface area contributed by atoms with Gasteiger partial charge in [-0.1, -0.05) is 6.92 Å². The molecule has 138 valence electrons. The summed E-state index contributed by atoms with van der Waals surface area (Å²) in [6, 6.07) is 0. The molecule has 0 bridgehead atoms. The number of esters is 1. The Morgan fingerprint density at radius 2 is 2.08 bits per heavy atom. The van der Waals surface area contributed by atoms with Crippen LogP contribution in [0.5, 0.6) is 0 Å². The van der Waals surface area contributed by atoms with Crippen molar-refractivity contribution in [1.29, 1.82) is 0 Å². The summed E-state index contributed by atoms with van der Waals surface area (Å²) in [7, 11) is -1.66. The Kier molecular flexibility index (Phi) is 5.20. The van der Waals surface area contributed by atoms with Crippen LogP contribution < -0.4 is 5.32 Å². The number of methoxy groups -OCH3 is 1. The summed E-state index contributed by atoms with van der Waals surface area (Å²) in [5, 5.41) is 3.37. The van der Waals surface area contributed by atoms with Crippen LogP contribution in [-0.4, -0.2) is 38.9 Å².